The highest BCUT2D eigenvalue weighted by molar-refractivity contribution is 5.89. The monoisotopic (exact) mass is 341 g/mol. The Bertz CT molecular complexity index is 368. The zero-order chi connectivity index (χ0) is 18.6. The molecule has 0 saturated carbocycles. The van der Waals surface area contributed by atoms with Crippen molar-refractivity contribution in [1.82, 2.24) is 5.32 Å². The van der Waals surface area contributed by atoms with Crippen LogP contribution in [0.4, 0.5) is 0 Å². The highest BCUT2D eigenvalue weighted by Crippen LogP contribution is 2.32. The van der Waals surface area contributed by atoms with Crippen molar-refractivity contribution >= 4 is 11.8 Å². The lowest BCUT2D eigenvalue weighted by atomic mass is 9.75. The minimum atomic E-state index is -0.840. The van der Waals surface area contributed by atoms with E-state index in [9.17, 15) is 9.59 Å². The van der Waals surface area contributed by atoms with Gasteiger partial charge in [-0.15, -0.1) is 0 Å². The van der Waals surface area contributed by atoms with E-state index in [-0.39, 0.29) is 29.7 Å². The highest BCUT2D eigenvalue weighted by Gasteiger charge is 2.36. The second-order valence-electron chi connectivity index (χ2n) is 7.60. The molecule has 0 rings (SSSR count). The van der Waals surface area contributed by atoms with Crippen molar-refractivity contribution in [3.8, 4) is 0 Å². The van der Waals surface area contributed by atoms with Gasteiger partial charge in [0.1, 0.15) is 0 Å². The molecule has 0 aromatic heterocycles. The van der Waals surface area contributed by atoms with Gasteiger partial charge in [-0.1, -0.05) is 73.1 Å². The fourth-order valence-corrected chi connectivity index (χ4v) is 3.15. The summed E-state index contributed by atoms with van der Waals surface area (Å²) in [5, 5.41) is 12.2. The van der Waals surface area contributed by atoms with Crippen LogP contribution in [0, 0.1) is 5.41 Å². The van der Waals surface area contributed by atoms with E-state index in [1.165, 1.54) is 32.1 Å². The normalized spacial score (nSPS) is 15.2. The van der Waals surface area contributed by atoms with Crippen LogP contribution in [0.1, 0.15) is 98.8 Å². The van der Waals surface area contributed by atoms with Crippen molar-refractivity contribution in [3.05, 3.63) is 0 Å². The van der Waals surface area contributed by atoms with Crippen LogP contribution in [0.5, 0.6) is 0 Å². The number of carbonyl (C=O) groups excluding carboxylic acids is 1. The van der Waals surface area contributed by atoms with Crippen molar-refractivity contribution in [3.63, 3.8) is 0 Å². The van der Waals surface area contributed by atoms with Crippen molar-refractivity contribution < 1.29 is 14.7 Å². The zero-order valence-corrected chi connectivity index (χ0v) is 16.5. The lowest BCUT2D eigenvalue weighted by Crippen LogP contribution is -2.47. The van der Waals surface area contributed by atoms with Gasteiger partial charge in [0.05, 0.1) is 6.04 Å². The van der Waals surface area contributed by atoms with Crippen molar-refractivity contribution in [2.75, 3.05) is 0 Å². The van der Waals surface area contributed by atoms with E-state index >= 15 is 0 Å². The Morgan fingerprint density at radius 2 is 1.62 bits per heavy atom. The summed E-state index contributed by atoms with van der Waals surface area (Å²) in [5.74, 6) is -0.652. The second-order valence-corrected chi connectivity index (χ2v) is 7.60. The molecule has 0 saturated heterocycles. The molecule has 0 heterocycles. The molecule has 0 amide bonds. The largest absolute Gasteiger partial charge is 0.481 e. The molecule has 24 heavy (non-hydrogen) atoms. The maximum Gasteiger partial charge on any atom is 0.303 e. The zero-order valence-electron chi connectivity index (χ0n) is 16.5. The number of carbonyl (C=O) groups is 2. The molecule has 2 N–H and O–H groups in total. The first-order valence-electron chi connectivity index (χ1n) is 9.79. The summed E-state index contributed by atoms with van der Waals surface area (Å²) in [5.41, 5.74) is -0.351. The first-order valence-corrected chi connectivity index (χ1v) is 9.79. The summed E-state index contributed by atoms with van der Waals surface area (Å²) in [6, 6.07) is -0.186. The summed E-state index contributed by atoms with van der Waals surface area (Å²) >= 11 is 0. The van der Waals surface area contributed by atoms with Crippen LogP contribution < -0.4 is 5.32 Å². The van der Waals surface area contributed by atoms with E-state index in [0.29, 0.717) is 6.42 Å². The Morgan fingerprint density at radius 1 is 1.04 bits per heavy atom. The topological polar surface area (TPSA) is 66.4 Å². The summed E-state index contributed by atoms with van der Waals surface area (Å²) in [6.45, 7) is 10.3. The second kappa shape index (κ2) is 12.5. The van der Waals surface area contributed by atoms with E-state index < -0.39 is 5.97 Å². The third-order valence-electron chi connectivity index (χ3n) is 4.96. The quantitative estimate of drug-likeness (QED) is 0.413. The van der Waals surface area contributed by atoms with Gasteiger partial charge in [0.15, 0.2) is 5.78 Å². The Kier molecular flexibility index (Phi) is 12.0. The van der Waals surface area contributed by atoms with Gasteiger partial charge < -0.3 is 10.4 Å². The third kappa shape index (κ3) is 9.41. The number of carboxylic acids is 1. The van der Waals surface area contributed by atoms with E-state index in [2.05, 4.69) is 26.1 Å². The molecule has 4 nitrogen and oxygen atoms in total. The Morgan fingerprint density at radius 3 is 2.12 bits per heavy atom. The molecular formula is C20H39NO3. The van der Waals surface area contributed by atoms with Crippen LogP contribution in [0.3, 0.4) is 0 Å². The molecule has 0 radical (unpaired) electrons. The minimum absolute atomic E-state index is 0.0347. The highest BCUT2D eigenvalue weighted by atomic mass is 16.4. The average molecular weight is 342 g/mol. The van der Waals surface area contributed by atoms with Crippen LogP contribution in [0.15, 0.2) is 0 Å². The number of carboxylic acid groups (broad SMARTS) is 1. The van der Waals surface area contributed by atoms with Gasteiger partial charge in [0.2, 0.25) is 0 Å². The van der Waals surface area contributed by atoms with Gasteiger partial charge in [-0.3, -0.25) is 9.59 Å². The maximum absolute atomic E-state index is 13.1. The first-order chi connectivity index (χ1) is 11.3. The third-order valence-corrected chi connectivity index (χ3v) is 4.96. The molecule has 0 aliphatic rings. The molecular weight excluding hydrogens is 302 g/mol. The Labute approximate surface area is 148 Å². The lowest BCUT2D eigenvalue weighted by molar-refractivity contribution is -0.137. The standard InChI is InChI=1S/C20H39NO3/c1-6-8-9-10-11-12-15-20(5,7-2)19(24)17(21-16(3)4)13-14-18(22)23/h16-17,21H,6-15H2,1-5H3,(H,22,23). The van der Waals surface area contributed by atoms with E-state index in [1.807, 2.05) is 13.8 Å². The van der Waals surface area contributed by atoms with E-state index in [1.54, 1.807) is 0 Å². The molecule has 0 aromatic carbocycles. The van der Waals surface area contributed by atoms with Crippen molar-refractivity contribution in [2.24, 2.45) is 5.41 Å². The Balaban J connectivity index is 4.67. The van der Waals surface area contributed by atoms with Crippen LogP contribution in [-0.4, -0.2) is 28.9 Å². The van der Waals surface area contributed by atoms with Crippen LogP contribution >= 0.6 is 0 Å². The summed E-state index contributed by atoms with van der Waals surface area (Å²) in [4.78, 5) is 23.9. The molecule has 0 fully saturated rings. The van der Waals surface area contributed by atoms with Crippen LogP contribution in [0.2, 0.25) is 0 Å². The number of aliphatic carboxylic acids is 1. The molecule has 0 aromatic rings. The molecule has 2 unspecified atom stereocenters. The summed E-state index contributed by atoms with van der Waals surface area (Å²) in [7, 11) is 0. The lowest BCUT2D eigenvalue weighted by Gasteiger charge is -2.32. The number of unbranched alkanes of at least 4 members (excludes halogenated alkanes) is 5. The van der Waals surface area contributed by atoms with Gasteiger partial charge in [0, 0.05) is 17.9 Å². The predicted octanol–water partition coefficient (Wildman–Crippen LogP) is 4.95. The predicted molar refractivity (Wildman–Crippen MR) is 100 cm³/mol. The minimum Gasteiger partial charge on any atom is -0.481 e. The van der Waals surface area contributed by atoms with E-state index in [4.69, 9.17) is 5.11 Å². The number of rotatable bonds is 15. The molecule has 0 bridgehead atoms. The van der Waals surface area contributed by atoms with Gasteiger partial charge >= 0.3 is 5.97 Å². The summed E-state index contributed by atoms with van der Waals surface area (Å²) < 4.78 is 0. The molecule has 142 valence electrons. The molecule has 4 heteroatoms. The molecule has 0 aliphatic heterocycles. The molecule has 0 aliphatic carbocycles. The van der Waals surface area contributed by atoms with Crippen LogP contribution in [0.25, 0.3) is 0 Å². The van der Waals surface area contributed by atoms with E-state index in [0.717, 1.165) is 19.3 Å². The molecule has 0 spiro atoms. The fourth-order valence-electron chi connectivity index (χ4n) is 3.15. The fraction of sp³-hybridized carbons (Fsp3) is 0.900. The molecule has 2 atom stereocenters. The maximum atomic E-state index is 13.1. The van der Waals surface area contributed by atoms with Gasteiger partial charge in [-0.05, 0) is 19.3 Å². The Hall–Kier alpha value is -0.900. The smallest absolute Gasteiger partial charge is 0.303 e. The number of hydrogen-bond donors (Lipinski definition) is 2. The number of hydrogen-bond acceptors (Lipinski definition) is 3. The average Bonchev–Trinajstić information content (AvgIpc) is 2.53. The van der Waals surface area contributed by atoms with Crippen LogP contribution in [-0.2, 0) is 9.59 Å². The number of ketones is 1. The summed E-state index contributed by atoms with van der Waals surface area (Å²) in [6.07, 6.45) is 9.44. The first kappa shape index (κ1) is 23.1. The number of nitrogens with one attached hydrogen (secondary N) is 1. The number of Topliss-reactive ketones (excluding diaryl/α,β-unsaturated/α-hetero) is 1. The SMILES string of the molecule is CCCCCCCCC(C)(CC)C(=O)C(CCC(=O)O)NC(C)C. The van der Waals surface area contributed by atoms with Crippen molar-refractivity contribution in [2.45, 2.75) is 111 Å². The van der Waals surface area contributed by atoms with Gasteiger partial charge in [0.25, 0.3) is 0 Å². The van der Waals surface area contributed by atoms with Gasteiger partial charge in [-0.25, -0.2) is 0 Å². The van der Waals surface area contributed by atoms with Crippen molar-refractivity contribution in [1.29, 1.82) is 0 Å². The van der Waals surface area contributed by atoms with Gasteiger partial charge in [-0.2, -0.15) is 0 Å².